The molecule has 1 amide bonds. The molecule has 0 aliphatic carbocycles. The summed E-state index contributed by atoms with van der Waals surface area (Å²) in [5, 5.41) is 18.6. The van der Waals surface area contributed by atoms with Crippen molar-refractivity contribution < 1.29 is 13.9 Å². The Hall–Kier alpha value is -3.91. The van der Waals surface area contributed by atoms with E-state index in [1.165, 1.54) is 19.2 Å². The molecule has 172 valence electrons. The summed E-state index contributed by atoms with van der Waals surface area (Å²) in [7, 11) is 5.15. The molecular weight excluding hydrogens is 427 g/mol. The van der Waals surface area contributed by atoms with Crippen LogP contribution in [0.5, 0.6) is 5.75 Å². The number of methoxy groups -OCH3 is 1. The quantitative estimate of drug-likeness (QED) is 0.449. The normalized spacial score (nSPS) is 14.6. The molecule has 4 rings (SSSR count). The summed E-state index contributed by atoms with van der Waals surface area (Å²) in [6.07, 6.45) is 3.18. The maximum absolute atomic E-state index is 14.9. The Bertz CT molecular complexity index is 1230. The van der Waals surface area contributed by atoms with Crippen molar-refractivity contribution in [1.29, 1.82) is 5.26 Å². The molecule has 2 aromatic heterocycles. The van der Waals surface area contributed by atoms with Crippen LogP contribution in [0.15, 0.2) is 18.3 Å². The van der Waals surface area contributed by atoms with Crippen LogP contribution < -0.4 is 20.7 Å². The number of carbonyl (C=O) groups is 1. The van der Waals surface area contributed by atoms with Gasteiger partial charge in [0.1, 0.15) is 29.1 Å². The fourth-order valence-electron chi connectivity index (χ4n) is 3.89. The molecule has 0 atom stereocenters. The number of likely N-dealkylation sites (tertiary alicyclic amines) is 1. The van der Waals surface area contributed by atoms with E-state index in [0.29, 0.717) is 22.4 Å². The number of rotatable bonds is 6. The molecule has 0 saturated carbocycles. The topological polar surface area (TPSA) is 131 Å². The van der Waals surface area contributed by atoms with Crippen molar-refractivity contribution in [1.82, 2.24) is 25.2 Å². The molecule has 10 nitrogen and oxygen atoms in total. The highest BCUT2D eigenvalue weighted by Crippen LogP contribution is 2.32. The molecule has 3 aromatic rings. The number of amides is 1. The largest absolute Gasteiger partial charge is 0.495 e. The average Bonchev–Trinajstić information content (AvgIpc) is 3.23. The molecule has 0 spiro atoms. The summed E-state index contributed by atoms with van der Waals surface area (Å²) in [5.74, 6) is -0.292. The number of aromatic nitrogens is 3. The first-order valence-corrected chi connectivity index (χ1v) is 10.5. The van der Waals surface area contributed by atoms with Crippen molar-refractivity contribution in [2.75, 3.05) is 44.9 Å². The van der Waals surface area contributed by atoms with E-state index >= 15 is 0 Å². The van der Waals surface area contributed by atoms with Gasteiger partial charge in [0.25, 0.3) is 5.91 Å². The zero-order chi connectivity index (χ0) is 23.5. The molecule has 1 aliphatic heterocycles. The Kier molecular flexibility index (Phi) is 6.28. The van der Waals surface area contributed by atoms with E-state index < -0.39 is 11.7 Å². The predicted octanol–water partition coefficient (Wildman–Crippen LogP) is 2.59. The first-order chi connectivity index (χ1) is 15.9. The van der Waals surface area contributed by atoms with Gasteiger partial charge in [0.05, 0.1) is 29.3 Å². The van der Waals surface area contributed by atoms with E-state index in [-0.39, 0.29) is 29.0 Å². The number of benzene rings is 1. The summed E-state index contributed by atoms with van der Waals surface area (Å²) in [6, 6.07) is 4.64. The Morgan fingerprint density at radius 1 is 1.33 bits per heavy atom. The molecule has 1 fully saturated rings. The zero-order valence-corrected chi connectivity index (χ0v) is 18.6. The number of anilines is 3. The van der Waals surface area contributed by atoms with Crippen molar-refractivity contribution in [3.05, 3.63) is 35.3 Å². The average molecular weight is 452 g/mol. The summed E-state index contributed by atoms with van der Waals surface area (Å²) < 4.78 is 20.3. The number of ether oxygens (including phenoxy) is 1. The fourth-order valence-corrected chi connectivity index (χ4v) is 3.89. The number of fused-ring (bicyclic) bond motifs is 1. The van der Waals surface area contributed by atoms with Crippen LogP contribution in [0.4, 0.5) is 21.8 Å². The molecular formula is C22H25FN8O2. The molecule has 33 heavy (non-hydrogen) atoms. The predicted molar refractivity (Wildman–Crippen MR) is 122 cm³/mol. The van der Waals surface area contributed by atoms with Gasteiger partial charge in [-0.05, 0) is 39.0 Å². The molecule has 0 radical (unpaired) electrons. The number of halogens is 1. The van der Waals surface area contributed by atoms with Crippen LogP contribution in [0.25, 0.3) is 11.0 Å². The van der Waals surface area contributed by atoms with Gasteiger partial charge in [-0.1, -0.05) is 0 Å². The van der Waals surface area contributed by atoms with Gasteiger partial charge in [0.2, 0.25) is 5.95 Å². The number of hydrogen-bond acceptors (Lipinski definition) is 8. The first-order valence-electron chi connectivity index (χ1n) is 10.5. The van der Waals surface area contributed by atoms with E-state index in [2.05, 4.69) is 41.9 Å². The van der Waals surface area contributed by atoms with Gasteiger partial charge in [-0.25, -0.2) is 4.39 Å². The maximum atomic E-state index is 14.9. The lowest BCUT2D eigenvalue weighted by Crippen LogP contribution is -2.43. The first kappa shape index (κ1) is 22.3. The van der Waals surface area contributed by atoms with E-state index in [0.717, 1.165) is 25.9 Å². The minimum Gasteiger partial charge on any atom is -0.495 e. The number of aromatic amines is 1. The minimum absolute atomic E-state index is 0.0103. The van der Waals surface area contributed by atoms with Crippen LogP contribution >= 0.6 is 0 Å². The number of nitriles is 1. The lowest BCUT2D eigenvalue weighted by Gasteiger charge is -2.29. The lowest BCUT2D eigenvalue weighted by atomic mass is 10.0. The number of piperidine rings is 1. The number of nitrogens with zero attached hydrogens (tertiary/aromatic N) is 4. The highest BCUT2D eigenvalue weighted by Gasteiger charge is 2.23. The smallest absolute Gasteiger partial charge is 0.254 e. The summed E-state index contributed by atoms with van der Waals surface area (Å²) in [5.41, 5.74) is 1.03. The second kappa shape index (κ2) is 9.30. The molecule has 0 unspecified atom stereocenters. The lowest BCUT2D eigenvalue weighted by molar-refractivity contribution is 0.0912. The number of nitrogens with one attached hydrogen (secondary N) is 4. The van der Waals surface area contributed by atoms with E-state index in [4.69, 9.17) is 4.74 Å². The Morgan fingerprint density at radius 3 is 2.76 bits per heavy atom. The molecule has 4 N–H and O–H groups in total. The standard InChI is InChI=1S/C22H25FN8O2/c1-25-19-18-12(10-24)11-26-20(18)30-22(29-19)28-16-9-15(23)14(8-17(16)33-3)21(32)27-13-4-6-31(2)7-5-13/h8-9,11,13H,4-7H2,1-3H3,(H,27,32)(H3,25,26,28,29,30). The fraction of sp³-hybridized carbons (Fsp3) is 0.364. The van der Waals surface area contributed by atoms with E-state index in [1.54, 1.807) is 13.2 Å². The molecule has 1 aliphatic rings. The van der Waals surface area contributed by atoms with Crippen LogP contribution in [-0.2, 0) is 0 Å². The van der Waals surface area contributed by atoms with Gasteiger partial charge in [-0.2, -0.15) is 15.2 Å². The monoisotopic (exact) mass is 452 g/mol. The summed E-state index contributed by atoms with van der Waals surface area (Å²) in [4.78, 5) is 26.6. The van der Waals surface area contributed by atoms with Gasteiger partial charge in [0, 0.05) is 25.4 Å². The van der Waals surface area contributed by atoms with Gasteiger partial charge < -0.3 is 30.6 Å². The summed E-state index contributed by atoms with van der Waals surface area (Å²) >= 11 is 0. The van der Waals surface area contributed by atoms with Crippen molar-refractivity contribution in [2.24, 2.45) is 0 Å². The molecule has 1 aromatic carbocycles. The SMILES string of the molecule is CNc1nc(Nc2cc(F)c(C(=O)NC3CCN(C)CC3)cc2OC)nc2[nH]cc(C#N)c12. The summed E-state index contributed by atoms with van der Waals surface area (Å²) in [6.45, 7) is 1.77. The van der Waals surface area contributed by atoms with Crippen LogP contribution in [0.1, 0.15) is 28.8 Å². The third-order valence-corrected chi connectivity index (χ3v) is 5.72. The van der Waals surface area contributed by atoms with Crippen molar-refractivity contribution in [3.63, 3.8) is 0 Å². The van der Waals surface area contributed by atoms with Crippen LogP contribution in [0, 0.1) is 17.1 Å². The van der Waals surface area contributed by atoms with Gasteiger partial charge >= 0.3 is 0 Å². The molecule has 11 heteroatoms. The van der Waals surface area contributed by atoms with Crippen molar-refractivity contribution in [2.45, 2.75) is 18.9 Å². The van der Waals surface area contributed by atoms with Crippen LogP contribution in [-0.4, -0.2) is 66.1 Å². The highest BCUT2D eigenvalue weighted by molar-refractivity contribution is 5.96. The van der Waals surface area contributed by atoms with Gasteiger partial charge in [0.15, 0.2) is 0 Å². The minimum atomic E-state index is -0.690. The second-order valence-corrected chi connectivity index (χ2v) is 7.89. The zero-order valence-electron chi connectivity index (χ0n) is 18.6. The van der Waals surface area contributed by atoms with Gasteiger partial charge in [-0.15, -0.1) is 0 Å². The van der Waals surface area contributed by atoms with Crippen molar-refractivity contribution >= 4 is 34.4 Å². The third kappa shape index (κ3) is 4.51. The van der Waals surface area contributed by atoms with E-state index in [1.807, 2.05) is 7.05 Å². The Morgan fingerprint density at radius 2 is 2.09 bits per heavy atom. The number of carbonyl (C=O) groups excluding carboxylic acids is 1. The van der Waals surface area contributed by atoms with E-state index in [9.17, 15) is 14.4 Å². The van der Waals surface area contributed by atoms with Gasteiger partial charge in [-0.3, -0.25) is 4.79 Å². The Labute approximate surface area is 190 Å². The second-order valence-electron chi connectivity index (χ2n) is 7.89. The molecule has 1 saturated heterocycles. The van der Waals surface area contributed by atoms with Crippen LogP contribution in [0.3, 0.4) is 0 Å². The van der Waals surface area contributed by atoms with Crippen LogP contribution in [0.2, 0.25) is 0 Å². The molecule has 3 heterocycles. The third-order valence-electron chi connectivity index (χ3n) is 5.72. The number of hydrogen-bond donors (Lipinski definition) is 4. The molecule has 0 bridgehead atoms. The maximum Gasteiger partial charge on any atom is 0.254 e. The number of H-pyrrole nitrogens is 1. The highest BCUT2D eigenvalue weighted by atomic mass is 19.1. The van der Waals surface area contributed by atoms with Crippen molar-refractivity contribution in [3.8, 4) is 11.8 Å². The Balaban J connectivity index is 1.60.